The molecule has 2 N–H and O–H groups in total. The van der Waals surface area contributed by atoms with Crippen LogP contribution in [0.1, 0.15) is 32.6 Å². The molecule has 0 bridgehead atoms. The first kappa shape index (κ1) is 21.4. The van der Waals surface area contributed by atoms with Crippen LogP contribution in [0.15, 0.2) is 39.5 Å². The van der Waals surface area contributed by atoms with Crippen LogP contribution in [0.3, 0.4) is 0 Å². The normalized spacial score (nSPS) is 10.9. The molecule has 0 unspecified atom stereocenters. The summed E-state index contributed by atoms with van der Waals surface area (Å²) in [5, 5.41) is 20.5. The minimum absolute atomic E-state index is 0.0785. The highest BCUT2D eigenvalue weighted by atomic mass is 16.5. The summed E-state index contributed by atoms with van der Waals surface area (Å²) < 4.78 is 22.0. The Hall–Kier alpha value is -3.35. The van der Waals surface area contributed by atoms with Crippen molar-refractivity contribution >= 4 is 11.0 Å². The zero-order chi connectivity index (χ0) is 21.7. The molecule has 0 saturated heterocycles. The van der Waals surface area contributed by atoms with Crippen molar-refractivity contribution in [2.45, 2.75) is 32.6 Å². The van der Waals surface area contributed by atoms with E-state index in [1.54, 1.807) is 6.07 Å². The first-order valence-electron chi connectivity index (χ1n) is 9.87. The van der Waals surface area contributed by atoms with Gasteiger partial charge in [-0.15, -0.1) is 0 Å². The average molecular weight is 414 g/mol. The van der Waals surface area contributed by atoms with Crippen molar-refractivity contribution in [3.05, 3.63) is 40.6 Å². The van der Waals surface area contributed by atoms with Gasteiger partial charge in [0.2, 0.25) is 5.75 Å². The van der Waals surface area contributed by atoms with Crippen molar-refractivity contribution in [2.75, 3.05) is 20.8 Å². The van der Waals surface area contributed by atoms with Crippen LogP contribution in [-0.2, 0) is 0 Å². The fourth-order valence-corrected chi connectivity index (χ4v) is 3.22. The number of phenols is 2. The summed E-state index contributed by atoms with van der Waals surface area (Å²) in [5.41, 5.74) is 0.280. The number of fused-ring (bicyclic) bond motifs is 1. The van der Waals surface area contributed by atoms with E-state index < -0.39 is 5.43 Å². The maximum Gasteiger partial charge on any atom is 0.200 e. The lowest BCUT2D eigenvalue weighted by Gasteiger charge is -2.12. The van der Waals surface area contributed by atoms with E-state index in [9.17, 15) is 15.0 Å². The molecule has 160 valence electrons. The third-order valence-corrected chi connectivity index (χ3v) is 4.81. The molecule has 0 atom stereocenters. The Balaban J connectivity index is 2.01. The van der Waals surface area contributed by atoms with Crippen molar-refractivity contribution < 1.29 is 28.8 Å². The molecule has 0 radical (unpaired) electrons. The second-order valence-corrected chi connectivity index (χ2v) is 6.93. The van der Waals surface area contributed by atoms with Gasteiger partial charge in [-0.1, -0.05) is 26.2 Å². The van der Waals surface area contributed by atoms with Crippen molar-refractivity contribution in [2.24, 2.45) is 0 Å². The monoisotopic (exact) mass is 414 g/mol. The molecule has 1 aromatic heterocycles. The van der Waals surface area contributed by atoms with Crippen molar-refractivity contribution in [1.29, 1.82) is 0 Å². The zero-order valence-electron chi connectivity index (χ0n) is 17.4. The van der Waals surface area contributed by atoms with E-state index in [-0.39, 0.29) is 39.7 Å². The number of aromatic hydroxyl groups is 2. The molecular weight excluding hydrogens is 388 g/mol. The Morgan fingerprint density at radius 1 is 0.933 bits per heavy atom. The molecule has 1 heterocycles. The highest BCUT2D eigenvalue weighted by Crippen LogP contribution is 2.41. The minimum atomic E-state index is -0.399. The maximum atomic E-state index is 12.6. The number of methoxy groups -OCH3 is 2. The van der Waals surface area contributed by atoms with Crippen molar-refractivity contribution in [3.63, 3.8) is 0 Å². The van der Waals surface area contributed by atoms with E-state index in [1.807, 2.05) is 0 Å². The fraction of sp³-hybridized carbons (Fsp3) is 0.348. The summed E-state index contributed by atoms with van der Waals surface area (Å²) in [6.45, 7) is 2.66. The molecule has 2 aromatic carbocycles. The van der Waals surface area contributed by atoms with Crippen LogP contribution >= 0.6 is 0 Å². The molecule has 3 rings (SSSR count). The quantitative estimate of drug-likeness (QED) is 0.483. The van der Waals surface area contributed by atoms with Crippen molar-refractivity contribution in [3.8, 4) is 40.1 Å². The van der Waals surface area contributed by atoms with E-state index in [1.165, 1.54) is 38.5 Å². The van der Waals surface area contributed by atoms with Gasteiger partial charge in [0.1, 0.15) is 28.2 Å². The van der Waals surface area contributed by atoms with Crippen LogP contribution < -0.4 is 19.6 Å². The van der Waals surface area contributed by atoms with Crippen LogP contribution in [0.4, 0.5) is 0 Å². The van der Waals surface area contributed by atoms with E-state index in [0.717, 1.165) is 25.7 Å². The molecule has 3 aromatic rings. The van der Waals surface area contributed by atoms with Crippen LogP contribution in [0.5, 0.6) is 28.7 Å². The van der Waals surface area contributed by atoms with Gasteiger partial charge in [-0.2, -0.15) is 0 Å². The van der Waals surface area contributed by atoms with Crippen LogP contribution in [0.2, 0.25) is 0 Å². The van der Waals surface area contributed by atoms with Gasteiger partial charge in [-0.05, 0) is 18.6 Å². The maximum absolute atomic E-state index is 12.6. The number of rotatable bonds is 9. The molecular formula is C23H26O7. The topological polar surface area (TPSA) is 98.4 Å². The minimum Gasteiger partial charge on any atom is -0.507 e. The van der Waals surface area contributed by atoms with Gasteiger partial charge in [0.25, 0.3) is 0 Å². The highest BCUT2D eigenvalue weighted by Gasteiger charge is 2.17. The van der Waals surface area contributed by atoms with Gasteiger partial charge in [0.05, 0.1) is 20.8 Å². The second kappa shape index (κ2) is 9.43. The SMILES string of the molecule is CCCCCCOc1cc(O)c2c(=O)cc(-c3cc(OC)c(O)c(OC)c3)oc2c1. The Morgan fingerprint density at radius 2 is 1.63 bits per heavy atom. The predicted molar refractivity (Wildman–Crippen MR) is 114 cm³/mol. The summed E-state index contributed by atoms with van der Waals surface area (Å²) in [5.74, 6) is 0.681. The highest BCUT2D eigenvalue weighted by molar-refractivity contribution is 5.86. The van der Waals surface area contributed by atoms with Gasteiger partial charge in [0, 0.05) is 23.8 Å². The summed E-state index contributed by atoms with van der Waals surface area (Å²) in [6.07, 6.45) is 4.26. The Kier molecular flexibility index (Phi) is 6.72. The third-order valence-electron chi connectivity index (χ3n) is 4.81. The van der Waals surface area contributed by atoms with Gasteiger partial charge in [0.15, 0.2) is 16.9 Å². The van der Waals surface area contributed by atoms with E-state index in [2.05, 4.69) is 6.92 Å². The number of benzene rings is 2. The van der Waals surface area contributed by atoms with Gasteiger partial charge in [-0.25, -0.2) is 0 Å². The summed E-state index contributed by atoms with van der Waals surface area (Å²) >= 11 is 0. The van der Waals surface area contributed by atoms with Gasteiger partial charge in [-0.3, -0.25) is 4.79 Å². The van der Waals surface area contributed by atoms with Crippen LogP contribution in [0.25, 0.3) is 22.3 Å². The van der Waals surface area contributed by atoms with Crippen LogP contribution in [-0.4, -0.2) is 31.0 Å². The van der Waals surface area contributed by atoms with E-state index in [4.69, 9.17) is 18.6 Å². The number of ether oxygens (including phenoxy) is 3. The molecule has 0 saturated carbocycles. The molecule has 0 aliphatic heterocycles. The second-order valence-electron chi connectivity index (χ2n) is 6.93. The van der Waals surface area contributed by atoms with Gasteiger partial charge < -0.3 is 28.8 Å². The van der Waals surface area contributed by atoms with E-state index >= 15 is 0 Å². The fourth-order valence-electron chi connectivity index (χ4n) is 3.22. The molecule has 7 heteroatoms. The number of hydrogen-bond acceptors (Lipinski definition) is 7. The Morgan fingerprint density at radius 3 is 2.27 bits per heavy atom. The molecule has 30 heavy (non-hydrogen) atoms. The standard InChI is InChI=1S/C23H26O7/c1-4-5-6-7-8-29-15-11-16(24)22-17(25)13-18(30-19(22)12-15)14-9-20(27-2)23(26)21(10-14)28-3/h9-13,24,26H,4-8H2,1-3H3. The molecule has 0 amide bonds. The summed E-state index contributed by atoms with van der Waals surface area (Å²) in [6, 6.07) is 7.37. The zero-order valence-corrected chi connectivity index (χ0v) is 17.4. The smallest absolute Gasteiger partial charge is 0.200 e. The molecule has 0 spiro atoms. The summed E-state index contributed by atoms with van der Waals surface area (Å²) in [7, 11) is 2.83. The lowest BCUT2D eigenvalue weighted by Crippen LogP contribution is -2.03. The average Bonchev–Trinajstić information content (AvgIpc) is 2.73. The Bertz CT molecular complexity index is 1060. The molecule has 7 nitrogen and oxygen atoms in total. The van der Waals surface area contributed by atoms with Crippen molar-refractivity contribution in [1.82, 2.24) is 0 Å². The van der Waals surface area contributed by atoms with Crippen LogP contribution in [0, 0.1) is 0 Å². The number of hydrogen-bond donors (Lipinski definition) is 2. The largest absolute Gasteiger partial charge is 0.507 e. The molecule has 0 fully saturated rings. The first-order chi connectivity index (χ1) is 14.5. The third kappa shape index (κ3) is 4.45. The first-order valence-corrected chi connectivity index (χ1v) is 9.87. The van der Waals surface area contributed by atoms with Gasteiger partial charge >= 0.3 is 0 Å². The lowest BCUT2D eigenvalue weighted by atomic mass is 10.1. The predicted octanol–water partition coefficient (Wildman–Crippen LogP) is 4.85. The molecule has 0 aliphatic rings. The number of unbranched alkanes of at least 4 members (excludes halogenated alkanes) is 3. The summed E-state index contributed by atoms with van der Waals surface area (Å²) in [4.78, 5) is 12.6. The molecule has 0 aliphatic carbocycles. The number of phenolic OH excluding ortho intramolecular Hbond substituents is 2. The van der Waals surface area contributed by atoms with E-state index in [0.29, 0.717) is 17.9 Å². The Labute approximate surface area is 174 Å². The lowest BCUT2D eigenvalue weighted by molar-refractivity contribution is 0.303.